The lowest BCUT2D eigenvalue weighted by molar-refractivity contribution is -0.130. The highest BCUT2D eigenvalue weighted by Crippen LogP contribution is 2.02. The number of piperazine rings is 1. The predicted molar refractivity (Wildman–Crippen MR) is 70.8 cm³/mol. The Balaban J connectivity index is 1.86. The summed E-state index contributed by atoms with van der Waals surface area (Å²) in [7, 11) is 0. The van der Waals surface area contributed by atoms with Crippen molar-refractivity contribution in [3.05, 3.63) is 29.6 Å². The molecule has 2 amide bonds. The summed E-state index contributed by atoms with van der Waals surface area (Å²) < 4.78 is 0. The van der Waals surface area contributed by atoms with Crippen LogP contribution in [0.5, 0.6) is 0 Å². The SMILES string of the molecule is Cc1cccnc1C(=O)NCC(=O)N1CCNCC1. The zero-order valence-corrected chi connectivity index (χ0v) is 11.0. The molecule has 6 nitrogen and oxygen atoms in total. The summed E-state index contributed by atoms with van der Waals surface area (Å²) in [5.74, 6) is -0.356. The first kappa shape index (κ1) is 13.5. The van der Waals surface area contributed by atoms with Crippen LogP contribution >= 0.6 is 0 Å². The number of nitrogens with one attached hydrogen (secondary N) is 2. The van der Waals surface area contributed by atoms with Crippen LogP contribution in [0.25, 0.3) is 0 Å². The summed E-state index contributed by atoms with van der Waals surface area (Å²) in [5.41, 5.74) is 1.17. The van der Waals surface area contributed by atoms with Crippen LogP contribution in [-0.4, -0.2) is 54.4 Å². The molecule has 6 heteroatoms. The first-order valence-electron chi connectivity index (χ1n) is 6.37. The molecule has 102 valence electrons. The third kappa shape index (κ3) is 3.51. The van der Waals surface area contributed by atoms with Gasteiger partial charge in [-0.3, -0.25) is 14.6 Å². The maximum absolute atomic E-state index is 11.9. The van der Waals surface area contributed by atoms with E-state index in [2.05, 4.69) is 15.6 Å². The lowest BCUT2D eigenvalue weighted by Crippen LogP contribution is -2.49. The maximum Gasteiger partial charge on any atom is 0.270 e. The van der Waals surface area contributed by atoms with Gasteiger partial charge in [0.15, 0.2) is 0 Å². The molecule has 0 bridgehead atoms. The van der Waals surface area contributed by atoms with Crippen molar-refractivity contribution in [2.45, 2.75) is 6.92 Å². The molecule has 2 heterocycles. The molecular formula is C13H18N4O2. The van der Waals surface area contributed by atoms with E-state index in [-0.39, 0.29) is 18.4 Å². The second kappa shape index (κ2) is 6.29. The number of nitrogens with zero attached hydrogens (tertiary/aromatic N) is 2. The molecule has 1 aliphatic heterocycles. The van der Waals surface area contributed by atoms with Gasteiger partial charge in [-0.15, -0.1) is 0 Å². The number of pyridine rings is 1. The molecule has 0 saturated carbocycles. The Morgan fingerprint density at radius 2 is 2.16 bits per heavy atom. The topological polar surface area (TPSA) is 74.3 Å². The van der Waals surface area contributed by atoms with Gasteiger partial charge in [-0.2, -0.15) is 0 Å². The van der Waals surface area contributed by atoms with E-state index in [0.29, 0.717) is 18.8 Å². The van der Waals surface area contributed by atoms with Crippen molar-refractivity contribution in [2.75, 3.05) is 32.7 Å². The highest BCUT2D eigenvalue weighted by Gasteiger charge is 2.17. The first-order chi connectivity index (χ1) is 9.18. The summed E-state index contributed by atoms with van der Waals surface area (Å²) in [6, 6.07) is 3.60. The molecule has 2 rings (SSSR count). The highest BCUT2D eigenvalue weighted by molar-refractivity contribution is 5.95. The van der Waals surface area contributed by atoms with Gasteiger partial charge in [0.05, 0.1) is 6.54 Å². The largest absolute Gasteiger partial charge is 0.342 e. The lowest BCUT2D eigenvalue weighted by Gasteiger charge is -2.27. The molecule has 0 spiro atoms. The molecule has 0 unspecified atom stereocenters. The van der Waals surface area contributed by atoms with Gasteiger partial charge in [0.25, 0.3) is 5.91 Å². The fourth-order valence-corrected chi connectivity index (χ4v) is 1.99. The number of carbonyl (C=O) groups is 2. The van der Waals surface area contributed by atoms with Crippen LogP contribution in [0.4, 0.5) is 0 Å². The molecule has 0 atom stereocenters. The lowest BCUT2D eigenvalue weighted by atomic mass is 10.2. The zero-order valence-electron chi connectivity index (χ0n) is 11.0. The van der Waals surface area contributed by atoms with Crippen LogP contribution in [0.3, 0.4) is 0 Å². The van der Waals surface area contributed by atoms with Crippen LogP contribution in [0.2, 0.25) is 0 Å². The maximum atomic E-state index is 11.9. The molecule has 1 aromatic heterocycles. The van der Waals surface area contributed by atoms with E-state index < -0.39 is 0 Å². The second-order valence-corrected chi connectivity index (χ2v) is 4.48. The average molecular weight is 262 g/mol. The molecule has 1 aliphatic rings. The number of aryl methyl sites for hydroxylation is 1. The number of hydrogen-bond acceptors (Lipinski definition) is 4. The normalized spacial score (nSPS) is 15.1. The van der Waals surface area contributed by atoms with Gasteiger partial charge >= 0.3 is 0 Å². The van der Waals surface area contributed by atoms with Gasteiger partial charge < -0.3 is 15.5 Å². The van der Waals surface area contributed by atoms with E-state index in [1.165, 1.54) is 0 Å². The van der Waals surface area contributed by atoms with Gasteiger partial charge in [-0.25, -0.2) is 0 Å². The summed E-state index contributed by atoms with van der Waals surface area (Å²) in [6.07, 6.45) is 1.57. The number of rotatable bonds is 3. The number of aromatic nitrogens is 1. The minimum Gasteiger partial charge on any atom is -0.342 e. The molecule has 0 aliphatic carbocycles. The molecule has 0 aromatic carbocycles. The van der Waals surface area contributed by atoms with E-state index in [0.717, 1.165) is 18.7 Å². The molecule has 1 fully saturated rings. The fraction of sp³-hybridized carbons (Fsp3) is 0.462. The summed E-state index contributed by atoms with van der Waals surface area (Å²) in [4.78, 5) is 29.6. The average Bonchev–Trinajstić information content (AvgIpc) is 2.46. The van der Waals surface area contributed by atoms with E-state index in [4.69, 9.17) is 0 Å². The van der Waals surface area contributed by atoms with Crippen molar-refractivity contribution >= 4 is 11.8 Å². The van der Waals surface area contributed by atoms with E-state index in [1.807, 2.05) is 13.0 Å². The molecule has 1 aromatic rings. The highest BCUT2D eigenvalue weighted by atomic mass is 16.2. The monoisotopic (exact) mass is 262 g/mol. The van der Waals surface area contributed by atoms with Crippen molar-refractivity contribution < 1.29 is 9.59 Å². The Kier molecular flexibility index (Phi) is 4.46. The third-order valence-corrected chi connectivity index (χ3v) is 3.09. The molecule has 19 heavy (non-hydrogen) atoms. The molecule has 1 saturated heterocycles. The Morgan fingerprint density at radius 3 is 2.84 bits per heavy atom. The van der Waals surface area contributed by atoms with Crippen LogP contribution in [0, 0.1) is 6.92 Å². The van der Waals surface area contributed by atoms with E-state index in [9.17, 15) is 9.59 Å². The molecule has 2 N–H and O–H groups in total. The molecular weight excluding hydrogens is 244 g/mol. The van der Waals surface area contributed by atoms with Gasteiger partial charge in [0.1, 0.15) is 5.69 Å². The van der Waals surface area contributed by atoms with Gasteiger partial charge in [0, 0.05) is 32.4 Å². The predicted octanol–water partition coefficient (Wildman–Crippen LogP) is -0.448. The summed E-state index contributed by atoms with van der Waals surface area (Å²) in [6.45, 7) is 4.83. The van der Waals surface area contributed by atoms with Crippen LogP contribution in [0.15, 0.2) is 18.3 Å². The fourth-order valence-electron chi connectivity index (χ4n) is 1.99. The first-order valence-corrected chi connectivity index (χ1v) is 6.37. The van der Waals surface area contributed by atoms with E-state index >= 15 is 0 Å². The van der Waals surface area contributed by atoms with Crippen LogP contribution in [-0.2, 0) is 4.79 Å². The van der Waals surface area contributed by atoms with Crippen molar-refractivity contribution in [1.29, 1.82) is 0 Å². The van der Waals surface area contributed by atoms with Crippen molar-refractivity contribution in [1.82, 2.24) is 20.5 Å². The Bertz CT molecular complexity index is 469. The summed E-state index contributed by atoms with van der Waals surface area (Å²) >= 11 is 0. The standard InChI is InChI=1S/C13H18N4O2/c1-10-3-2-4-15-12(10)13(19)16-9-11(18)17-7-5-14-6-8-17/h2-4,14H,5-9H2,1H3,(H,16,19). The van der Waals surface area contributed by atoms with Gasteiger partial charge in [0.2, 0.25) is 5.91 Å². The molecule has 0 radical (unpaired) electrons. The van der Waals surface area contributed by atoms with Gasteiger partial charge in [-0.05, 0) is 18.6 Å². The van der Waals surface area contributed by atoms with Crippen molar-refractivity contribution in [3.63, 3.8) is 0 Å². The Morgan fingerprint density at radius 1 is 1.42 bits per heavy atom. The third-order valence-electron chi connectivity index (χ3n) is 3.09. The number of hydrogen-bond donors (Lipinski definition) is 2. The minimum atomic E-state index is -0.304. The van der Waals surface area contributed by atoms with Crippen molar-refractivity contribution in [2.24, 2.45) is 0 Å². The van der Waals surface area contributed by atoms with Crippen molar-refractivity contribution in [3.8, 4) is 0 Å². The minimum absolute atomic E-state index is 0.0227. The zero-order chi connectivity index (χ0) is 13.7. The quantitative estimate of drug-likeness (QED) is 0.774. The Labute approximate surface area is 112 Å². The van der Waals surface area contributed by atoms with E-state index in [1.54, 1.807) is 17.2 Å². The smallest absolute Gasteiger partial charge is 0.270 e. The Hall–Kier alpha value is -1.95. The number of carbonyl (C=O) groups excluding carboxylic acids is 2. The summed E-state index contributed by atoms with van der Waals surface area (Å²) in [5, 5.41) is 5.80. The number of amides is 2. The van der Waals surface area contributed by atoms with Crippen LogP contribution < -0.4 is 10.6 Å². The van der Waals surface area contributed by atoms with Gasteiger partial charge in [-0.1, -0.05) is 6.07 Å². The van der Waals surface area contributed by atoms with Crippen LogP contribution in [0.1, 0.15) is 16.1 Å². The second-order valence-electron chi connectivity index (χ2n) is 4.48.